The first kappa shape index (κ1) is 25.7. The molecule has 1 rings (SSSR count). The third-order valence-electron chi connectivity index (χ3n) is 4.40. The van der Waals surface area contributed by atoms with Crippen LogP contribution in [0.3, 0.4) is 0 Å². The SMILES string of the molecule is CC(=O)N[C@@H](O)C1C(O)CC(O)(C(=O)O)OC1C[C@H](O)COC(=O)[C@H](N)CC(N)=O. The number of aliphatic hydroxyl groups excluding tert-OH is 3. The second-order valence-electron chi connectivity index (χ2n) is 7.04. The van der Waals surface area contributed by atoms with Crippen molar-refractivity contribution < 1.29 is 54.2 Å². The Balaban J connectivity index is 2.86. The van der Waals surface area contributed by atoms with Crippen molar-refractivity contribution in [2.75, 3.05) is 6.61 Å². The Hall–Kier alpha value is -2.36. The maximum Gasteiger partial charge on any atom is 0.364 e. The van der Waals surface area contributed by atoms with Gasteiger partial charge in [0.1, 0.15) is 18.9 Å². The number of ether oxygens (including phenoxy) is 2. The highest BCUT2D eigenvalue weighted by atomic mass is 16.7. The quantitative estimate of drug-likeness (QED) is 0.119. The zero-order valence-corrected chi connectivity index (χ0v) is 16.1. The molecule has 172 valence electrons. The van der Waals surface area contributed by atoms with Crippen molar-refractivity contribution in [2.24, 2.45) is 17.4 Å². The molecule has 7 atom stereocenters. The standard InChI is InChI=1S/C16H27N3O11/c1-6(20)19-13(24)12-9(22)4-16(28,15(26)27)30-10(12)2-7(21)5-29-14(25)8(17)3-11(18)23/h7-10,12-13,21-22,24,28H,2-5,17H2,1H3,(H2,18,23)(H,19,20)(H,26,27)/t7-,8+,9?,10?,12?,13-,16?/m0/s1. The Morgan fingerprint density at radius 2 is 1.90 bits per heavy atom. The normalized spacial score (nSPS) is 29.3. The fourth-order valence-electron chi connectivity index (χ4n) is 3.03. The predicted molar refractivity (Wildman–Crippen MR) is 94.8 cm³/mol. The van der Waals surface area contributed by atoms with E-state index >= 15 is 0 Å². The molecule has 4 unspecified atom stereocenters. The van der Waals surface area contributed by atoms with Crippen LogP contribution in [0.15, 0.2) is 0 Å². The van der Waals surface area contributed by atoms with E-state index in [1.54, 1.807) is 0 Å². The number of carboxylic acids is 1. The van der Waals surface area contributed by atoms with Gasteiger partial charge in [-0.1, -0.05) is 0 Å². The number of nitrogens with two attached hydrogens (primary N) is 2. The van der Waals surface area contributed by atoms with Gasteiger partial charge in [-0.05, 0) is 0 Å². The minimum absolute atomic E-state index is 0.483. The second kappa shape index (κ2) is 10.6. The molecule has 0 aromatic rings. The summed E-state index contributed by atoms with van der Waals surface area (Å²) in [6, 6.07) is -1.35. The number of rotatable bonds is 10. The summed E-state index contributed by atoms with van der Waals surface area (Å²) in [4.78, 5) is 44.9. The number of amides is 2. The van der Waals surface area contributed by atoms with Crippen LogP contribution < -0.4 is 16.8 Å². The first-order valence-electron chi connectivity index (χ1n) is 8.92. The van der Waals surface area contributed by atoms with Gasteiger partial charge in [0.2, 0.25) is 11.8 Å². The van der Waals surface area contributed by atoms with E-state index in [1.807, 2.05) is 0 Å². The van der Waals surface area contributed by atoms with E-state index in [1.165, 1.54) is 0 Å². The Labute approximate surface area is 170 Å². The number of nitrogens with one attached hydrogen (secondary N) is 1. The molecule has 1 aliphatic heterocycles. The maximum atomic E-state index is 11.7. The molecule has 1 aliphatic rings. The molecule has 1 fully saturated rings. The van der Waals surface area contributed by atoms with Crippen molar-refractivity contribution in [1.29, 1.82) is 0 Å². The molecule has 0 aromatic carbocycles. The van der Waals surface area contributed by atoms with Crippen LogP contribution in [0.4, 0.5) is 0 Å². The molecule has 2 amide bonds. The summed E-state index contributed by atoms with van der Waals surface area (Å²) >= 11 is 0. The Morgan fingerprint density at radius 3 is 2.40 bits per heavy atom. The van der Waals surface area contributed by atoms with E-state index < -0.39 is 91.9 Å². The Kier molecular flexibility index (Phi) is 9.08. The number of aliphatic carboxylic acids is 1. The van der Waals surface area contributed by atoms with Gasteiger partial charge in [-0.2, -0.15) is 0 Å². The number of carboxylic acid groups (broad SMARTS) is 1. The van der Waals surface area contributed by atoms with Gasteiger partial charge in [-0.3, -0.25) is 14.4 Å². The molecule has 0 bridgehead atoms. The first-order valence-corrected chi connectivity index (χ1v) is 8.92. The van der Waals surface area contributed by atoms with Crippen molar-refractivity contribution in [3.63, 3.8) is 0 Å². The number of primary amides is 1. The lowest BCUT2D eigenvalue weighted by Gasteiger charge is -2.44. The van der Waals surface area contributed by atoms with E-state index in [9.17, 15) is 39.6 Å². The summed E-state index contributed by atoms with van der Waals surface area (Å²) in [5.41, 5.74) is 10.3. The first-order chi connectivity index (χ1) is 13.8. The molecular weight excluding hydrogens is 410 g/mol. The molecule has 0 radical (unpaired) electrons. The topological polar surface area (TPSA) is 252 Å². The molecule has 14 heteroatoms. The van der Waals surface area contributed by atoms with Crippen molar-refractivity contribution in [1.82, 2.24) is 5.32 Å². The number of aliphatic hydroxyl groups is 4. The van der Waals surface area contributed by atoms with Crippen molar-refractivity contribution >= 4 is 23.8 Å². The summed E-state index contributed by atoms with van der Waals surface area (Å²) in [6.07, 6.45) is -8.10. The van der Waals surface area contributed by atoms with Crippen LogP contribution in [0.5, 0.6) is 0 Å². The van der Waals surface area contributed by atoms with Gasteiger partial charge in [-0.15, -0.1) is 0 Å². The van der Waals surface area contributed by atoms with E-state index in [2.05, 4.69) is 5.32 Å². The molecule has 0 saturated carbocycles. The van der Waals surface area contributed by atoms with Gasteiger partial charge in [0, 0.05) is 19.8 Å². The highest BCUT2D eigenvalue weighted by Gasteiger charge is 2.53. The predicted octanol–water partition coefficient (Wildman–Crippen LogP) is -4.52. The van der Waals surface area contributed by atoms with E-state index in [4.69, 9.17) is 26.0 Å². The molecule has 0 spiro atoms. The maximum absolute atomic E-state index is 11.7. The van der Waals surface area contributed by atoms with Gasteiger partial charge < -0.3 is 51.8 Å². The van der Waals surface area contributed by atoms with Crippen molar-refractivity contribution in [3.8, 4) is 0 Å². The highest BCUT2D eigenvalue weighted by Crippen LogP contribution is 2.35. The number of carbonyl (C=O) groups is 4. The second-order valence-corrected chi connectivity index (χ2v) is 7.04. The summed E-state index contributed by atoms with van der Waals surface area (Å²) in [7, 11) is 0. The number of esters is 1. The fourth-order valence-corrected chi connectivity index (χ4v) is 3.03. The number of hydrogen-bond donors (Lipinski definition) is 8. The minimum Gasteiger partial charge on any atom is -0.477 e. The molecule has 30 heavy (non-hydrogen) atoms. The lowest BCUT2D eigenvalue weighted by atomic mass is 9.83. The van der Waals surface area contributed by atoms with E-state index in [0.717, 1.165) is 6.92 Å². The summed E-state index contributed by atoms with van der Waals surface area (Å²) < 4.78 is 9.84. The smallest absolute Gasteiger partial charge is 0.364 e. The van der Waals surface area contributed by atoms with Crippen LogP contribution in [0, 0.1) is 5.92 Å². The average molecular weight is 437 g/mol. The molecule has 14 nitrogen and oxygen atoms in total. The largest absolute Gasteiger partial charge is 0.477 e. The lowest BCUT2D eigenvalue weighted by Crippen LogP contribution is -2.61. The van der Waals surface area contributed by atoms with Crippen LogP contribution in [-0.4, -0.2) is 92.3 Å². The number of hydrogen-bond acceptors (Lipinski definition) is 11. The summed E-state index contributed by atoms with van der Waals surface area (Å²) in [5.74, 6) is -8.48. The fraction of sp³-hybridized carbons (Fsp3) is 0.750. The van der Waals surface area contributed by atoms with E-state index in [0.29, 0.717) is 0 Å². The molecule has 1 heterocycles. The molecule has 10 N–H and O–H groups in total. The van der Waals surface area contributed by atoms with Gasteiger partial charge in [-0.25, -0.2) is 4.79 Å². The van der Waals surface area contributed by atoms with Crippen LogP contribution in [0.25, 0.3) is 0 Å². The zero-order valence-electron chi connectivity index (χ0n) is 16.1. The van der Waals surface area contributed by atoms with Crippen LogP contribution in [-0.2, 0) is 28.7 Å². The van der Waals surface area contributed by atoms with Crippen molar-refractivity contribution in [2.45, 2.75) is 62.6 Å². The molecule has 0 aromatic heterocycles. The summed E-state index contributed by atoms with van der Waals surface area (Å²) in [6.45, 7) is 0.432. The van der Waals surface area contributed by atoms with Crippen LogP contribution in [0.2, 0.25) is 0 Å². The Morgan fingerprint density at radius 1 is 1.30 bits per heavy atom. The lowest BCUT2D eigenvalue weighted by molar-refractivity contribution is -0.297. The van der Waals surface area contributed by atoms with Gasteiger partial charge >= 0.3 is 11.9 Å². The summed E-state index contributed by atoms with van der Waals surface area (Å²) in [5, 5.41) is 51.9. The zero-order chi connectivity index (χ0) is 23.2. The molecule has 0 aliphatic carbocycles. The molecular formula is C16H27N3O11. The van der Waals surface area contributed by atoms with Crippen LogP contribution >= 0.6 is 0 Å². The van der Waals surface area contributed by atoms with Gasteiger partial charge in [0.25, 0.3) is 5.79 Å². The third kappa shape index (κ3) is 7.16. The Bertz CT molecular complexity index is 660. The highest BCUT2D eigenvalue weighted by molar-refractivity contribution is 5.84. The molecule has 1 saturated heterocycles. The van der Waals surface area contributed by atoms with E-state index in [-0.39, 0.29) is 0 Å². The van der Waals surface area contributed by atoms with Crippen molar-refractivity contribution in [3.05, 3.63) is 0 Å². The minimum atomic E-state index is -2.81. The van der Waals surface area contributed by atoms with Gasteiger partial charge in [0.05, 0.1) is 30.7 Å². The number of carbonyl (C=O) groups excluding carboxylic acids is 3. The monoisotopic (exact) mass is 437 g/mol. The average Bonchev–Trinajstić information content (AvgIpc) is 2.57. The third-order valence-corrected chi connectivity index (χ3v) is 4.40. The van der Waals surface area contributed by atoms with Gasteiger partial charge in [0.15, 0.2) is 0 Å². The van der Waals surface area contributed by atoms with Crippen LogP contribution in [0.1, 0.15) is 26.2 Å².